The number of nitrogen functional groups attached to an aromatic ring is 1. The molecule has 0 saturated heterocycles. The minimum Gasteiger partial charge on any atom is -0.458 e. The van der Waals surface area contributed by atoms with E-state index in [1.165, 1.54) is 6.20 Å². The fourth-order valence-corrected chi connectivity index (χ4v) is 2.82. The van der Waals surface area contributed by atoms with Gasteiger partial charge < -0.3 is 20.7 Å². The second-order valence-corrected chi connectivity index (χ2v) is 7.84. The first-order valence-electron chi connectivity index (χ1n) is 9.96. The fraction of sp³-hybridized carbons (Fsp3) is 0.476. The molecule has 0 bridgehead atoms. The molecule has 1 aromatic carbocycles. The third kappa shape index (κ3) is 6.40. The van der Waals surface area contributed by atoms with Gasteiger partial charge in [-0.25, -0.2) is 9.78 Å². The van der Waals surface area contributed by atoms with Crippen LogP contribution < -0.4 is 16.0 Å². The zero-order chi connectivity index (χ0) is 22.3. The zero-order valence-corrected chi connectivity index (χ0v) is 18.2. The van der Waals surface area contributed by atoms with Crippen molar-refractivity contribution >= 4 is 29.1 Å². The minimum atomic E-state index is -0.784. The summed E-state index contributed by atoms with van der Waals surface area (Å²) in [5, 5.41) is 6.05. The van der Waals surface area contributed by atoms with Crippen LogP contribution in [0.5, 0.6) is 0 Å². The van der Waals surface area contributed by atoms with E-state index in [0.29, 0.717) is 31.1 Å². The van der Waals surface area contributed by atoms with Gasteiger partial charge >= 0.3 is 5.97 Å². The highest BCUT2D eigenvalue weighted by Gasteiger charge is 2.27. The van der Waals surface area contributed by atoms with Gasteiger partial charge in [-0.3, -0.25) is 0 Å². The van der Waals surface area contributed by atoms with Crippen molar-refractivity contribution in [2.24, 2.45) is 5.18 Å². The number of nitrogens with two attached hydrogens (primary N) is 1. The molecule has 0 spiro atoms. The molecular weight excluding hydrogens is 384 g/mol. The van der Waals surface area contributed by atoms with Gasteiger partial charge in [0.05, 0.1) is 6.20 Å². The molecule has 0 amide bonds. The number of rotatable bonds is 9. The Labute approximate surface area is 177 Å². The van der Waals surface area contributed by atoms with Crippen LogP contribution in [0.2, 0.25) is 0 Å². The summed E-state index contributed by atoms with van der Waals surface area (Å²) in [4.78, 5) is 34.8. The number of anilines is 3. The fourth-order valence-electron chi connectivity index (χ4n) is 2.82. The van der Waals surface area contributed by atoms with Crippen molar-refractivity contribution in [3.8, 4) is 0 Å². The third-order valence-electron chi connectivity index (χ3n) is 4.32. The summed E-state index contributed by atoms with van der Waals surface area (Å²) in [7, 11) is 0. The highest BCUT2D eigenvalue weighted by atomic mass is 16.6. The molecule has 2 aromatic rings. The van der Waals surface area contributed by atoms with Crippen LogP contribution >= 0.6 is 0 Å². The molecule has 0 unspecified atom stereocenters. The van der Waals surface area contributed by atoms with Crippen LogP contribution in [0, 0.1) is 4.91 Å². The monoisotopic (exact) mass is 414 g/mol. The Morgan fingerprint density at radius 1 is 1.23 bits per heavy atom. The predicted octanol–water partition coefficient (Wildman–Crippen LogP) is 3.67. The number of nitroso groups, excluding NO2 is 1. The van der Waals surface area contributed by atoms with Gasteiger partial charge in [0.2, 0.25) is 5.95 Å². The first kappa shape index (κ1) is 23.1. The van der Waals surface area contributed by atoms with E-state index in [4.69, 9.17) is 10.5 Å². The van der Waals surface area contributed by atoms with Crippen LogP contribution in [0.25, 0.3) is 0 Å². The van der Waals surface area contributed by atoms with Crippen LogP contribution in [-0.4, -0.2) is 40.7 Å². The van der Waals surface area contributed by atoms with E-state index < -0.39 is 17.6 Å². The number of hydrogen-bond acceptors (Lipinski definition) is 9. The summed E-state index contributed by atoms with van der Waals surface area (Å²) in [6.45, 7) is 10.8. The van der Waals surface area contributed by atoms with E-state index >= 15 is 0 Å². The number of benzene rings is 1. The molecule has 3 N–H and O–H groups in total. The lowest BCUT2D eigenvalue weighted by molar-refractivity contribution is -0.155. The van der Waals surface area contributed by atoms with Crippen molar-refractivity contribution in [3.63, 3.8) is 0 Å². The van der Waals surface area contributed by atoms with E-state index in [1.54, 1.807) is 32.9 Å². The maximum absolute atomic E-state index is 12.9. The van der Waals surface area contributed by atoms with Crippen LogP contribution in [0.3, 0.4) is 0 Å². The lowest BCUT2D eigenvalue weighted by atomic mass is 10.0. The number of nitrogens with zero attached hydrogens (tertiary/aromatic N) is 4. The largest absolute Gasteiger partial charge is 0.458 e. The summed E-state index contributed by atoms with van der Waals surface area (Å²) < 4.78 is 5.57. The zero-order valence-electron chi connectivity index (χ0n) is 18.2. The molecule has 1 aromatic heterocycles. The minimum absolute atomic E-state index is 0.0248. The van der Waals surface area contributed by atoms with Crippen molar-refractivity contribution in [1.29, 1.82) is 0 Å². The van der Waals surface area contributed by atoms with E-state index in [1.807, 2.05) is 30.9 Å². The Bertz CT molecular complexity index is 860. The van der Waals surface area contributed by atoms with Crippen LogP contribution in [0.15, 0.2) is 35.6 Å². The van der Waals surface area contributed by atoms with Crippen molar-refractivity contribution < 1.29 is 9.53 Å². The molecule has 9 heteroatoms. The molecule has 1 atom stereocenters. The molecule has 0 saturated carbocycles. The van der Waals surface area contributed by atoms with Gasteiger partial charge in [-0.2, -0.15) is 4.98 Å². The summed E-state index contributed by atoms with van der Waals surface area (Å²) in [5.74, 6) is 0.178. The molecule has 0 fully saturated rings. The van der Waals surface area contributed by atoms with Crippen LogP contribution in [0.1, 0.15) is 40.2 Å². The molecule has 162 valence electrons. The average Bonchev–Trinajstić information content (AvgIpc) is 2.69. The Hall–Kier alpha value is -3.23. The number of ether oxygens (including phenoxy) is 1. The van der Waals surface area contributed by atoms with Gasteiger partial charge in [-0.05, 0) is 57.5 Å². The maximum Gasteiger partial charge on any atom is 0.329 e. The van der Waals surface area contributed by atoms with Crippen molar-refractivity contribution in [1.82, 2.24) is 9.97 Å². The van der Waals surface area contributed by atoms with E-state index in [9.17, 15) is 9.70 Å². The molecule has 2 rings (SSSR count). The third-order valence-corrected chi connectivity index (χ3v) is 4.32. The highest BCUT2D eigenvalue weighted by molar-refractivity contribution is 5.81. The molecular formula is C21H30N6O3. The Morgan fingerprint density at radius 3 is 2.40 bits per heavy atom. The number of carbonyl (C=O) groups is 1. The van der Waals surface area contributed by atoms with Gasteiger partial charge in [0.25, 0.3) is 0 Å². The summed E-state index contributed by atoms with van der Waals surface area (Å²) in [6, 6.07) is 6.43. The topological polar surface area (TPSA) is 123 Å². The van der Waals surface area contributed by atoms with Crippen molar-refractivity contribution in [2.45, 2.75) is 52.7 Å². The van der Waals surface area contributed by atoms with Gasteiger partial charge in [0.15, 0.2) is 11.5 Å². The molecule has 0 aliphatic heterocycles. The van der Waals surface area contributed by atoms with E-state index in [-0.39, 0.29) is 11.5 Å². The van der Waals surface area contributed by atoms with Gasteiger partial charge in [-0.15, -0.1) is 4.91 Å². The normalized spacial score (nSPS) is 12.2. The number of esters is 1. The predicted molar refractivity (Wildman–Crippen MR) is 119 cm³/mol. The Morgan fingerprint density at radius 2 is 1.87 bits per heavy atom. The lowest BCUT2D eigenvalue weighted by Gasteiger charge is -2.26. The standard InChI is InChI=1S/C21H30N6O3/c1-6-27(7-2)20-23-13-17(26-29)18(25-20)24-16(19(28)30-21(3,4)5)12-14-8-10-15(22)11-9-14/h8-11,13,16H,6-7,12,22H2,1-5H3,(H,23,24,25)/t16-/m0/s1. The van der Waals surface area contributed by atoms with E-state index in [2.05, 4.69) is 20.5 Å². The van der Waals surface area contributed by atoms with Crippen LogP contribution in [-0.2, 0) is 16.0 Å². The molecule has 1 heterocycles. The lowest BCUT2D eigenvalue weighted by Crippen LogP contribution is -2.38. The first-order chi connectivity index (χ1) is 14.2. The second-order valence-electron chi connectivity index (χ2n) is 7.84. The SMILES string of the molecule is CCN(CC)c1ncc(N=O)c(N[C@@H](Cc2ccc(N)cc2)C(=O)OC(C)(C)C)n1. The molecule has 0 aliphatic rings. The van der Waals surface area contributed by atoms with Crippen molar-refractivity contribution in [2.75, 3.05) is 29.0 Å². The average molecular weight is 415 g/mol. The smallest absolute Gasteiger partial charge is 0.329 e. The summed E-state index contributed by atoms with van der Waals surface area (Å²) in [6.07, 6.45) is 1.67. The van der Waals surface area contributed by atoms with E-state index in [0.717, 1.165) is 5.56 Å². The highest BCUT2D eigenvalue weighted by Crippen LogP contribution is 2.26. The molecule has 9 nitrogen and oxygen atoms in total. The summed E-state index contributed by atoms with van der Waals surface area (Å²) >= 11 is 0. The number of hydrogen-bond donors (Lipinski definition) is 2. The molecule has 30 heavy (non-hydrogen) atoms. The second kappa shape index (κ2) is 10.00. The quantitative estimate of drug-likeness (QED) is 0.362. The Kier molecular flexibility index (Phi) is 7.68. The molecule has 0 radical (unpaired) electrons. The van der Waals surface area contributed by atoms with Gasteiger partial charge in [-0.1, -0.05) is 12.1 Å². The maximum atomic E-state index is 12.9. The Balaban J connectivity index is 2.38. The first-order valence-corrected chi connectivity index (χ1v) is 9.96. The van der Waals surface area contributed by atoms with Crippen molar-refractivity contribution in [3.05, 3.63) is 40.9 Å². The van der Waals surface area contributed by atoms with Gasteiger partial charge in [0.1, 0.15) is 11.6 Å². The summed E-state index contributed by atoms with van der Waals surface area (Å²) in [5.41, 5.74) is 6.63. The number of nitrogens with one attached hydrogen (secondary N) is 1. The number of aromatic nitrogens is 2. The van der Waals surface area contributed by atoms with Gasteiger partial charge in [0, 0.05) is 25.2 Å². The van der Waals surface area contributed by atoms with Crippen LogP contribution in [0.4, 0.5) is 23.1 Å². The molecule has 0 aliphatic carbocycles. The number of carbonyl (C=O) groups excluding carboxylic acids is 1.